The summed E-state index contributed by atoms with van der Waals surface area (Å²) >= 11 is 0. The molecule has 0 aliphatic heterocycles. The number of urea groups is 1. The molecule has 49 heavy (non-hydrogen) atoms. The van der Waals surface area contributed by atoms with Crippen molar-refractivity contribution in [2.45, 2.75) is 59.1 Å². The number of anilines is 2. The van der Waals surface area contributed by atoms with Crippen LogP contribution in [0.25, 0.3) is 22.2 Å². The molecule has 0 spiro atoms. The summed E-state index contributed by atoms with van der Waals surface area (Å²) in [4.78, 5) is 37.3. The van der Waals surface area contributed by atoms with Gasteiger partial charge in [-0.25, -0.2) is 9.78 Å². The molecule has 3 heterocycles. The summed E-state index contributed by atoms with van der Waals surface area (Å²) in [6.45, 7) is 9.16. The average molecular weight is 652 g/mol. The smallest absolute Gasteiger partial charge is 0.323 e. The number of benzene rings is 3. The Hall–Kier alpha value is -5.76. The molecule has 0 saturated heterocycles. The number of pyridine rings is 3. The Balaban J connectivity index is 1.45. The number of nitrogens with one attached hydrogen (secondary N) is 2. The predicted octanol–water partition coefficient (Wildman–Crippen LogP) is 9.17. The minimum atomic E-state index is -0.490. The zero-order valence-electron chi connectivity index (χ0n) is 28.3. The van der Waals surface area contributed by atoms with E-state index >= 15 is 0 Å². The van der Waals surface area contributed by atoms with Crippen LogP contribution < -0.4 is 20.9 Å². The third-order valence-corrected chi connectivity index (χ3v) is 8.62. The lowest BCUT2D eigenvalue weighted by Gasteiger charge is -2.22. The number of carbonyl (C=O) groups is 1. The first-order chi connectivity index (χ1) is 23.8. The number of nitrogens with zero attached hydrogens (tertiary/aromatic N) is 3. The van der Waals surface area contributed by atoms with E-state index in [2.05, 4.69) is 48.3 Å². The second kappa shape index (κ2) is 15.0. The van der Waals surface area contributed by atoms with Crippen molar-refractivity contribution in [2.75, 3.05) is 10.6 Å². The van der Waals surface area contributed by atoms with Gasteiger partial charge in [0.1, 0.15) is 23.7 Å². The van der Waals surface area contributed by atoms with E-state index < -0.39 is 6.03 Å². The Morgan fingerprint density at radius 1 is 0.755 bits per heavy atom. The molecule has 0 fully saturated rings. The van der Waals surface area contributed by atoms with E-state index in [0.717, 1.165) is 38.9 Å². The molecule has 0 aliphatic rings. The number of aromatic nitrogens is 3. The summed E-state index contributed by atoms with van der Waals surface area (Å²) < 4.78 is 7.81. The number of carbonyl (C=O) groups excluding carboxylic acids is 1. The van der Waals surface area contributed by atoms with Gasteiger partial charge in [0.05, 0.1) is 0 Å². The molecule has 6 aromatic rings. The molecule has 8 nitrogen and oxygen atoms in total. The third kappa shape index (κ3) is 7.54. The Bertz CT molecular complexity index is 2100. The number of fused-ring (bicyclic) bond motifs is 1. The first-order valence-electron chi connectivity index (χ1n) is 16.7. The number of ether oxygens (including phenoxy) is 1. The maximum Gasteiger partial charge on any atom is 0.323 e. The van der Waals surface area contributed by atoms with Gasteiger partial charge >= 0.3 is 6.03 Å². The van der Waals surface area contributed by atoms with Gasteiger partial charge in [-0.3, -0.25) is 14.3 Å². The van der Waals surface area contributed by atoms with Crippen LogP contribution in [0, 0.1) is 0 Å². The molecule has 6 rings (SSSR count). The van der Waals surface area contributed by atoms with Crippen LogP contribution in [0.1, 0.15) is 61.8 Å². The quantitative estimate of drug-likeness (QED) is 0.146. The molecule has 2 amide bonds. The van der Waals surface area contributed by atoms with Gasteiger partial charge in [-0.2, -0.15) is 0 Å². The average Bonchev–Trinajstić information content (AvgIpc) is 3.11. The summed E-state index contributed by atoms with van der Waals surface area (Å²) in [7, 11) is 0. The summed E-state index contributed by atoms with van der Waals surface area (Å²) in [5, 5.41) is 6.87. The molecule has 248 valence electrons. The van der Waals surface area contributed by atoms with Gasteiger partial charge in [0.15, 0.2) is 0 Å². The SMILES string of the molecule is CC(C)c1cccc(C(C)C)c1NC(=O)Nc1c(-c2cccc(OCc3ccncc3)c2)c2cccnc2n(CCc2ccccc2)c1=O. The molecule has 0 saturated carbocycles. The Morgan fingerprint density at radius 3 is 2.16 bits per heavy atom. The van der Waals surface area contributed by atoms with Crippen molar-refractivity contribution >= 4 is 28.4 Å². The van der Waals surface area contributed by atoms with E-state index in [1.54, 1.807) is 23.2 Å². The van der Waals surface area contributed by atoms with Gasteiger partial charge in [-0.05, 0) is 82.5 Å². The summed E-state index contributed by atoms with van der Waals surface area (Å²) in [5.41, 5.74) is 6.59. The molecule has 3 aromatic carbocycles. The van der Waals surface area contributed by atoms with Crippen LogP contribution in [-0.4, -0.2) is 20.6 Å². The van der Waals surface area contributed by atoms with Gasteiger partial charge in [0.25, 0.3) is 5.56 Å². The molecule has 0 radical (unpaired) electrons. The molecule has 0 bridgehead atoms. The summed E-state index contributed by atoms with van der Waals surface area (Å²) in [5.74, 6) is 0.991. The molecule has 0 unspecified atom stereocenters. The van der Waals surface area contributed by atoms with Crippen LogP contribution in [0.2, 0.25) is 0 Å². The summed E-state index contributed by atoms with van der Waals surface area (Å²) in [6, 6.07) is 30.8. The maximum absolute atomic E-state index is 14.6. The standard InChI is InChI=1S/C41H41N5O3/c1-27(2)33-15-9-16-34(28(3)4)37(33)44-41(48)45-38-36(31-13-8-14-32(25-31)49-26-30-18-22-42-23-19-30)35-17-10-21-43-39(35)46(40(38)47)24-20-29-11-6-5-7-12-29/h5-19,21-23,25,27-28H,20,24,26H2,1-4H3,(H2,44,45,48). The highest BCUT2D eigenvalue weighted by Crippen LogP contribution is 2.36. The fraction of sp³-hybridized carbons (Fsp3) is 0.220. The van der Waals surface area contributed by atoms with Gasteiger partial charge < -0.3 is 15.4 Å². The van der Waals surface area contributed by atoms with E-state index in [4.69, 9.17) is 4.74 Å². The van der Waals surface area contributed by atoms with Crippen LogP contribution in [-0.2, 0) is 19.6 Å². The van der Waals surface area contributed by atoms with Crippen LogP contribution in [0.3, 0.4) is 0 Å². The first-order valence-corrected chi connectivity index (χ1v) is 16.7. The van der Waals surface area contributed by atoms with Gasteiger partial charge in [-0.1, -0.05) is 88.4 Å². The van der Waals surface area contributed by atoms with E-state index in [0.29, 0.717) is 36.5 Å². The van der Waals surface area contributed by atoms with Gasteiger partial charge in [0, 0.05) is 41.8 Å². The second-order valence-corrected chi connectivity index (χ2v) is 12.7. The zero-order valence-corrected chi connectivity index (χ0v) is 28.3. The van der Waals surface area contributed by atoms with Crippen LogP contribution in [0.4, 0.5) is 16.2 Å². The van der Waals surface area contributed by atoms with Crippen LogP contribution in [0.15, 0.2) is 120 Å². The number of para-hydroxylation sites is 1. The molecule has 3 aromatic heterocycles. The number of hydrogen-bond donors (Lipinski definition) is 2. The lowest BCUT2D eigenvalue weighted by molar-refractivity contribution is 0.262. The van der Waals surface area contributed by atoms with Crippen LogP contribution >= 0.6 is 0 Å². The molecule has 0 atom stereocenters. The van der Waals surface area contributed by atoms with E-state index in [-0.39, 0.29) is 23.1 Å². The molecular formula is C41H41N5O3. The maximum atomic E-state index is 14.6. The number of amides is 2. The number of rotatable bonds is 11. The Kier molecular flexibility index (Phi) is 10.1. The molecule has 2 N–H and O–H groups in total. The van der Waals surface area contributed by atoms with Crippen molar-refractivity contribution in [2.24, 2.45) is 0 Å². The molecule has 0 aliphatic carbocycles. The van der Waals surface area contributed by atoms with Crippen molar-refractivity contribution in [1.29, 1.82) is 0 Å². The summed E-state index contributed by atoms with van der Waals surface area (Å²) in [6.07, 6.45) is 5.77. The molecular weight excluding hydrogens is 610 g/mol. The highest BCUT2D eigenvalue weighted by Gasteiger charge is 2.23. The normalized spacial score (nSPS) is 11.2. The molecule has 8 heteroatoms. The number of hydrogen-bond acceptors (Lipinski definition) is 5. The Morgan fingerprint density at radius 2 is 1.45 bits per heavy atom. The van der Waals surface area contributed by atoms with Crippen molar-refractivity contribution < 1.29 is 9.53 Å². The third-order valence-electron chi connectivity index (χ3n) is 8.62. The lowest BCUT2D eigenvalue weighted by atomic mass is 9.93. The fourth-order valence-electron chi connectivity index (χ4n) is 6.13. The largest absolute Gasteiger partial charge is 0.489 e. The van der Waals surface area contributed by atoms with Crippen molar-refractivity contribution in [3.05, 3.63) is 148 Å². The topological polar surface area (TPSA) is 98.1 Å². The van der Waals surface area contributed by atoms with Crippen LogP contribution in [0.5, 0.6) is 5.75 Å². The van der Waals surface area contributed by atoms with E-state index in [9.17, 15) is 9.59 Å². The zero-order chi connectivity index (χ0) is 34.3. The first kappa shape index (κ1) is 33.2. The minimum absolute atomic E-state index is 0.172. The van der Waals surface area contributed by atoms with Crippen molar-refractivity contribution in [3.63, 3.8) is 0 Å². The van der Waals surface area contributed by atoms with Gasteiger partial charge in [0.2, 0.25) is 0 Å². The number of aryl methyl sites for hydroxylation is 2. The minimum Gasteiger partial charge on any atom is -0.489 e. The van der Waals surface area contributed by atoms with Crippen molar-refractivity contribution in [3.8, 4) is 16.9 Å². The fourth-order valence-corrected chi connectivity index (χ4v) is 6.13. The van der Waals surface area contributed by atoms with E-state index in [1.165, 1.54) is 0 Å². The van der Waals surface area contributed by atoms with E-state index in [1.807, 2.05) is 97.1 Å². The monoisotopic (exact) mass is 651 g/mol. The lowest BCUT2D eigenvalue weighted by Crippen LogP contribution is -2.30. The van der Waals surface area contributed by atoms with Crippen molar-refractivity contribution in [1.82, 2.24) is 14.5 Å². The highest BCUT2D eigenvalue weighted by atomic mass is 16.5. The van der Waals surface area contributed by atoms with Gasteiger partial charge in [-0.15, -0.1) is 0 Å². The predicted molar refractivity (Wildman–Crippen MR) is 197 cm³/mol. The Labute approximate surface area is 286 Å². The second-order valence-electron chi connectivity index (χ2n) is 12.7. The highest BCUT2D eigenvalue weighted by molar-refractivity contribution is 6.07.